The minimum Gasteiger partial charge on any atom is -0.269 e. The maximum atomic E-state index is 3.26. The molecule has 2 rings (SSSR count). The van der Waals surface area contributed by atoms with Crippen molar-refractivity contribution in [2.75, 3.05) is 0 Å². The topological polar surface area (TPSA) is 0 Å². The molecule has 116 valence electrons. The van der Waals surface area contributed by atoms with Crippen LogP contribution >= 0.6 is 0 Å². The van der Waals surface area contributed by atoms with Gasteiger partial charge >= 0.3 is 0 Å². The van der Waals surface area contributed by atoms with E-state index in [1.807, 2.05) is 0 Å². The van der Waals surface area contributed by atoms with Crippen molar-refractivity contribution in [3.63, 3.8) is 0 Å². The number of allylic oxidation sites excluding steroid dienone is 4. The fraction of sp³-hybridized carbons (Fsp3) is 0.550. The predicted octanol–water partition coefficient (Wildman–Crippen LogP) is 6.17. The Morgan fingerprint density at radius 2 is 1.86 bits per heavy atom. The summed E-state index contributed by atoms with van der Waals surface area (Å²) in [6.45, 7) is 6.68. The molecule has 0 heterocycles. The fourth-order valence-electron chi connectivity index (χ4n) is 2.42. The number of hydrogen-bond donors (Lipinski definition) is 0. The van der Waals surface area contributed by atoms with Crippen molar-refractivity contribution in [2.24, 2.45) is 0 Å². The van der Waals surface area contributed by atoms with Gasteiger partial charge in [-0.2, -0.15) is 29.3 Å². The third-order valence-electron chi connectivity index (χ3n) is 3.53. The zero-order valence-corrected chi connectivity index (χ0v) is 17.6. The van der Waals surface area contributed by atoms with Gasteiger partial charge in [-0.25, -0.2) is 17.7 Å². The predicted molar refractivity (Wildman–Crippen MR) is 90.1 cm³/mol. The molecule has 0 N–H and O–H groups in total. The normalized spacial score (nSPS) is 12.4. The summed E-state index contributed by atoms with van der Waals surface area (Å²) < 4.78 is 0. The largest absolute Gasteiger partial charge is 0.269 e. The first kappa shape index (κ1) is 20.7. The fourth-order valence-corrected chi connectivity index (χ4v) is 2.42. The van der Waals surface area contributed by atoms with Crippen molar-refractivity contribution in [1.29, 1.82) is 0 Å². The maximum absolute atomic E-state index is 3.26. The second-order valence-corrected chi connectivity index (χ2v) is 5.54. The Labute approximate surface area is 150 Å². The summed E-state index contributed by atoms with van der Waals surface area (Å²) in [4.78, 5) is 0. The molecule has 0 nitrogen and oxygen atoms in total. The van der Waals surface area contributed by atoms with Gasteiger partial charge in [0.05, 0.1) is 0 Å². The smallest absolute Gasteiger partial charge is 0 e. The van der Waals surface area contributed by atoms with E-state index in [2.05, 4.69) is 57.2 Å². The van der Waals surface area contributed by atoms with Crippen LogP contribution in [0.5, 0.6) is 0 Å². The molecule has 0 saturated heterocycles. The summed E-state index contributed by atoms with van der Waals surface area (Å²) >= 11 is 0. The first-order chi connectivity index (χ1) is 9.80. The minimum atomic E-state index is 0. The van der Waals surface area contributed by atoms with Gasteiger partial charge in [0.2, 0.25) is 0 Å². The van der Waals surface area contributed by atoms with Gasteiger partial charge in [-0.1, -0.05) is 65.7 Å². The third-order valence-corrected chi connectivity index (χ3v) is 3.53. The standard InChI is InChI=1S/C12H19.C8H11.Hf/c1-3-5-7-12-9-8-11(10-12)6-4-2;1-2-5-8-6-3-4-7-8;/h8-10H,3-7H2,1-2H3;3,6H,2,4-5H2,1H3;/q2*-1;. The summed E-state index contributed by atoms with van der Waals surface area (Å²) in [6, 6.07) is 6.91. The third kappa shape index (κ3) is 9.34. The van der Waals surface area contributed by atoms with Gasteiger partial charge in [0.15, 0.2) is 0 Å². The van der Waals surface area contributed by atoms with E-state index < -0.39 is 0 Å². The van der Waals surface area contributed by atoms with Gasteiger partial charge in [0.1, 0.15) is 0 Å². The number of aryl methyl sites for hydroxylation is 2. The average Bonchev–Trinajstić information content (AvgIpc) is 3.10. The van der Waals surface area contributed by atoms with Gasteiger partial charge in [-0.3, -0.25) is 6.08 Å². The van der Waals surface area contributed by atoms with Crippen LogP contribution < -0.4 is 0 Å². The molecule has 0 unspecified atom stereocenters. The van der Waals surface area contributed by atoms with Crippen LogP contribution in [0.15, 0.2) is 35.9 Å². The molecule has 1 aliphatic rings. The molecule has 0 aromatic heterocycles. The van der Waals surface area contributed by atoms with E-state index in [0.717, 1.165) is 6.42 Å². The first-order valence-corrected chi connectivity index (χ1v) is 8.30. The summed E-state index contributed by atoms with van der Waals surface area (Å²) in [5.41, 5.74) is 4.44. The van der Waals surface area contributed by atoms with Crippen molar-refractivity contribution in [1.82, 2.24) is 0 Å². The van der Waals surface area contributed by atoms with Gasteiger partial charge in [0, 0.05) is 25.8 Å². The zero-order chi connectivity index (χ0) is 14.6. The van der Waals surface area contributed by atoms with Gasteiger partial charge < -0.3 is 0 Å². The molecular weight excluding hydrogens is 419 g/mol. The van der Waals surface area contributed by atoms with Crippen LogP contribution in [0, 0.1) is 6.08 Å². The molecule has 0 bridgehead atoms. The Morgan fingerprint density at radius 1 is 1.10 bits per heavy atom. The molecule has 1 aliphatic carbocycles. The van der Waals surface area contributed by atoms with E-state index in [0.29, 0.717) is 0 Å². The quantitative estimate of drug-likeness (QED) is 0.345. The molecule has 0 spiro atoms. The van der Waals surface area contributed by atoms with E-state index in [4.69, 9.17) is 0 Å². The molecule has 0 atom stereocenters. The van der Waals surface area contributed by atoms with Crippen molar-refractivity contribution in [3.8, 4) is 0 Å². The van der Waals surface area contributed by atoms with E-state index in [9.17, 15) is 0 Å². The van der Waals surface area contributed by atoms with Crippen molar-refractivity contribution in [3.05, 3.63) is 53.1 Å². The van der Waals surface area contributed by atoms with E-state index in [1.54, 1.807) is 0 Å². The molecule has 1 aromatic rings. The Hall–Kier alpha value is -0.300. The van der Waals surface area contributed by atoms with E-state index in [1.165, 1.54) is 61.6 Å². The Balaban J connectivity index is 0.000000390. The molecule has 0 fully saturated rings. The number of unbranched alkanes of at least 4 members (excludes halogenated alkanes) is 1. The van der Waals surface area contributed by atoms with Crippen molar-refractivity contribution >= 4 is 0 Å². The number of hydrogen-bond acceptors (Lipinski definition) is 0. The van der Waals surface area contributed by atoms with Crippen molar-refractivity contribution < 1.29 is 25.8 Å². The van der Waals surface area contributed by atoms with Crippen LogP contribution in [0.1, 0.15) is 70.4 Å². The minimum absolute atomic E-state index is 0. The number of rotatable bonds is 7. The van der Waals surface area contributed by atoms with Crippen LogP contribution in [0.4, 0.5) is 0 Å². The molecule has 0 aliphatic heterocycles. The van der Waals surface area contributed by atoms with E-state index in [-0.39, 0.29) is 25.8 Å². The zero-order valence-electron chi connectivity index (χ0n) is 14.0. The molecule has 21 heavy (non-hydrogen) atoms. The summed E-state index contributed by atoms with van der Waals surface area (Å²) in [5.74, 6) is 0. The maximum Gasteiger partial charge on any atom is 0 e. The molecule has 0 saturated carbocycles. The van der Waals surface area contributed by atoms with Crippen LogP contribution in [-0.4, -0.2) is 0 Å². The van der Waals surface area contributed by atoms with Crippen LogP contribution in [0.25, 0.3) is 0 Å². The van der Waals surface area contributed by atoms with Crippen LogP contribution in [0.3, 0.4) is 0 Å². The van der Waals surface area contributed by atoms with Gasteiger partial charge in [-0.15, -0.1) is 6.42 Å². The Bertz CT molecular complexity index is 409. The summed E-state index contributed by atoms with van der Waals surface area (Å²) in [6.07, 6.45) is 17.5. The second-order valence-electron chi connectivity index (χ2n) is 5.54. The average molecular weight is 449 g/mol. The summed E-state index contributed by atoms with van der Waals surface area (Å²) in [5, 5.41) is 0. The molecular formula is C20H30Hf-2. The van der Waals surface area contributed by atoms with Crippen molar-refractivity contribution in [2.45, 2.75) is 72.1 Å². The summed E-state index contributed by atoms with van der Waals surface area (Å²) in [7, 11) is 0. The molecule has 0 amide bonds. The van der Waals surface area contributed by atoms with Gasteiger partial charge in [-0.05, 0) is 0 Å². The Morgan fingerprint density at radius 3 is 2.43 bits per heavy atom. The molecule has 1 heteroatoms. The van der Waals surface area contributed by atoms with Gasteiger partial charge in [0.25, 0.3) is 0 Å². The first-order valence-electron chi connectivity index (χ1n) is 8.30. The van der Waals surface area contributed by atoms with Crippen LogP contribution in [-0.2, 0) is 38.7 Å². The SMILES string of the molecule is CCCC1=[C-]CC=C1.CCCC[c-]1ccc(CCC)c1.[Hf]. The monoisotopic (exact) mass is 450 g/mol. The Kier molecular flexibility index (Phi) is 13.2. The molecule has 0 radical (unpaired) electrons. The second kappa shape index (κ2) is 13.4. The van der Waals surface area contributed by atoms with E-state index >= 15 is 0 Å². The molecule has 1 aromatic carbocycles. The van der Waals surface area contributed by atoms with Crippen LogP contribution in [0.2, 0.25) is 0 Å².